The Morgan fingerprint density at radius 3 is 2.39 bits per heavy atom. The second-order valence-electron chi connectivity index (χ2n) is 6.93. The number of aliphatic hydroxyl groups is 1. The molecule has 1 atom stereocenters. The van der Waals surface area contributed by atoms with Crippen LogP contribution >= 0.6 is 0 Å². The molecule has 0 amide bonds. The molecule has 2 N–H and O–H groups in total. The molecule has 1 rings (SSSR count). The standard InChI is InChI=1S/C15H31NO2/c1-12(2)10-18-11-14(17)9-16-13-5-7-15(3,4)8-6-13/h12-14,16-17H,5-11H2,1-4H3. The van der Waals surface area contributed by atoms with E-state index in [1.807, 2.05) is 0 Å². The van der Waals surface area contributed by atoms with E-state index in [-0.39, 0.29) is 6.10 Å². The van der Waals surface area contributed by atoms with Gasteiger partial charge in [0.1, 0.15) is 0 Å². The number of nitrogens with one attached hydrogen (secondary N) is 1. The minimum atomic E-state index is -0.376. The van der Waals surface area contributed by atoms with E-state index in [1.165, 1.54) is 25.7 Å². The van der Waals surface area contributed by atoms with Gasteiger partial charge in [0.05, 0.1) is 12.7 Å². The minimum Gasteiger partial charge on any atom is -0.389 e. The van der Waals surface area contributed by atoms with Gasteiger partial charge in [0.25, 0.3) is 0 Å². The van der Waals surface area contributed by atoms with Crippen molar-refractivity contribution in [1.29, 1.82) is 0 Å². The van der Waals surface area contributed by atoms with E-state index in [1.54, 1.807) is 0 Å². The molecule has 0 spiro atoms. The highest BCUT2D eigenvalue weighted by Gasteiger charge is 2.26. The smallest absolute Gasteiger partial charge is 0.0897 e. The first kappa shape index (κ1) is 15.9. The third kappa shape index (κ3) is 6.72. The third-order valence-electron chi connectivity index (χ3n) is 3.74. The van der Waals surface area contributed by atoms with E-state index in [0.29, 0.717) is 30.5 Å². The van der Waals surface area contributed by atoms with Crippen LogP contribution in [0.2, 0.25) is 0 Å². The summed E-state index contributed by atoms with van der Waals surface area (Å²) in [5.41, 5.74) is 0.511. The highest BCUT2D eigenvalue weighted by molar-refractivity contribution is 4.82. The van der Waals surface area contributed by atoms with Crippen LogP contribution in [0.4, 0.5) is 0 Å². The molecule has 0 aromatic carbocycles. The maximum absolute atomic E-state index is 9.81. The molecule has 0 saturated heterocycles. The second kappa shape index (κ2) is 7.46. The van der Waals surface area contributed by atoms with Crippen molar-refractivity contribution in [3.05, 3.63) is 0 Å². The minimum absolute atomic E-state index is 0.376. The van der Waals surface area contributed by atoms with Crippen molar-refractivity contribution in [2.75, 3.05) is 19.8 Å². The van der Waals surface area contributed by atoms with Crippen LogP contribution in [0, 0.1) is 11.3 Å². The van der Waals surface area contributed by atoms with Crippen LogP contribution in [0.25, 0.3) is 0 Å². The summed E-state index contributed by atoms with van der Waals surface area (Å²) in [5, 5.41) is 13.3. The molecule has 0 aromatic heterocycles. The zero-order valence-corrected chi connectivity index (χ0v) is 12.5. The lowest BCUT2D eigenvalue weighted by atomic mass is 9.75. The van der Waals surface area contributed by atoms with Crippen LogP contribution in [-0.2, 0) is 4.74 Å². The molecule has 1 fully saturated rings. The average molecular weight is 257 g/mol. The predicted molar refractivity (Wildman–Crippen MR) is 75.7 cm³/mol. The van der Waals surface area contributed by atoms with E-state index in [2.05, 4.69) is 33.0 Å². The maximum atomic E-state index is 9.81. The van der Waals surface area contributed by atoms with Gasteiger partial charge in [0.15, 0.2) is 0 Å². The molecular weight excluding hydrogens is 226 g/mol. The van der Waals surface area contributed by atoms with Crippen molar-refractivity contribution in [3.63, 3.8) is 0 Å². The highest BCUT2D eigenvalue weighted by Crippen LogP contribution is 2.34. The monoisotopic (exact) mass is 257 g/mol. The van der Waals surface area contributed by atoms with Gasteiger partial charge in [-0.15, -0.1) is 0 Å². The zero-order valence-electron chi connectivity index (χ0n) is 12.5. The van der Waals surface area contributed by atoms with Crippen molar-refractivity contribution in [2.24, 2.45) is 11.3 Å². The van der Waals surface area contributed by atoms with Crippen molar-refractivity contribution < 1.29 is 9.84 Å². The van der Waals surface area contributed by atoms with E-state index in [9.17, 15) is 5.11 Å². The molecule has 0 heterocycles. The molecule has 1 aliphatic rings. The van der Waals surface area contributed by atoms with Crippen molar-refractivity contribution in [3.8, 4) is 0 Å². The molecular formula is C15H31NO2. The highest BCUT2D eigenvalue weighted by atomic mass is 16.5. The molecule has 0 bridgehead atoms. The van der Waals surface area contributed by atoms with Crippen LogP contribution < -0.4 is 5.32 Å². The Morgan fingerprint density at radius 1 is 1.22 bits per heavy atom. The number of hydrogen-bond acceptors (Lipinski definition) is 3. The van der Waals surface area contributed by atoms with Crippen LogP contribution in [-0.4, -0.2) is 37.0 Å². The maximum Gasteiger partial charge on any atom is 0.0897 e. The molecule has 0 aromatic rings. The Hall–Kier alpha value is -0.120. The van der Waals surface area contributed by atoms with Gasteiger partial charge >= 0.3 is 0 Å². The molecule has 1 aliphatic carbocycles. The Labute approximate surface area is 112 Å². The third-order valence-corrected chi connectivity index (χ3v) is 3.74. The van der Waals surface area contributed by atoms with E-state index < -0.39 is 0 Å². The summed E-state index contributed by atoms with van der Waals surface area (Å²) in [6.07, 6.45) is 4.65. The van der Waals surface area contributed by atoms with Crippen LogP contribution in [0.15, 0.2) is 0 Å². The van der Waals surface area contributed by atoms with Gasteiger partial charge < -0.3 is 15.2 Å². The van der Waals surface area contributed by atoms with Gasteiger partial charge in [-0.05, 0) is 37.0 Å². The summed E-state index contributed by atoms with van der Waals surface area (Å²) in [6, 6.07) is 0.581. The SMILES string of the molecule is CC(C)COCC(O)CNC1CCC(C)(C)CC1. The van der Waals surface area contributed by atoms with Crippen LogP contribution in [0.3, 0.4) is 0 Å². The average Bonchev–Trinajstić information content (AvgIpc) is 2.27. The van der Waals surface area contributed by atoms with Gasteiger partial charge in [-0.1, -0.05) is 27.7 Å². The number of aliphatic hydroxyl groups excluding tert-OH is 1. The zero-order chi connectivity index (χ0) is 13.6. The molecule has 3 nitrogen and oxygen atoms in total. The van der Waals surface area contributed by atoms with Crippen LogP contribution in [0.5, 0.6) is 0 Å². The van der Waals surface area contributed by atoms with Gasteiger partial charge in [-0.2, -0.15) is 0 Å². The summed E-state index contributed by atoms with van der Waals surface area (Å²) in [7, 11) is 0. The van der Waals surface area contributed by atoms with Crippen LogP contribution in [0.1, 0.15) is 53.4 Å². The number of rotatable bonds is 7. The molecule has 1 unspecified atom stereocenters. The molecule has 3 heteroatoms. The lowest BCUT2D eigenvalue weighted by Gasteiger charge is -2.35. The number of ether oxygens (including phenoxy) is 1. The first-order valence-corrected chi connectivity index (χ1v) is 7.38. The summed E-state index contributed by atoms with van der Waals surface area (Å²) >= 11 is 0. The normalized spacial score (nSPS) is 22.3. The first-order valence-electron chi connectivity index (χ1n) is 7.38. The Balaban J connectivity index is 2.06. The van der Waals surface area contributed by atoms with E-state index >= 15 is 0 Å². The lowest BCUT2D eigenvalue weighted by Crippen LogP contribution is -2.40. The quantitative estimate of drug-likeness (QED) is 0.736. The second-order valence-corrected chi connectivity index (χ2v) is 6.93. The van der Waals surface area contributed by atoms with Gasteiger partial charge in [0.2, 0.25) is 0 Å². The fraction of sp³-hybridized carbons (Fsp3) is 1.00. The Bertz CT molecular complexity index is 219. The largest absolute Gasteiger partial charge is 0.389 e. The lowest BCUT2D eigenvalue weighted by molar-refractivity contribution is 0.0237. The van der Waals surface area contributed by atoms with E-state index in [0.717, 1.165) is 6.61 Å². The predicted octanol–water partition coefficient (Wildman–Crippen LogP) is 2.58. The van der Waals surface area contributed by atoms with Crippen molar-refractivity contribution in [1.82, 2.24) is 5.32 Å². The fourth-order valence-corrected chi connectivity index (χ4v) is 2.40. The molecule has 18 heavy (non-hydrogen) atoms. The number of hydrogen-bond donors (Lipinski definition) is 2. The Kier molecular flexibility index (Phi) is 6.61. The summed E-state index contributed by atoms with van der Waals surface area (Å²) < 4.78 is 5.44. The summed E-state index contributed by atoms with van der Waals surface area (Å²) in [4.78, 5) is 0. The van der Waals surface area contributed by atoms with Crippen molar-refractivity contribution >= 4 is 0 Å². The first-order chi connectivity index (χ1) is 8.39. The molecule has 0 radical (unpaired) electrons. The molecule has 108 valence electrons. The van der Waals surface area contributed by atoms with E-state index in [4.69, 9.17) is 4.74 Å². The van der Waals surface area contributed by atoms with Gasteiger partial charge in [-0.25, -0.2) is 0 Å². The van der Waals surface area contributed by atoms with Crippen molar-refractivity contribution in [2.45, 2.75) is 65.5 Å². The molecule has 1 saturated carbocycles. The summed E-state index contributed by atoms with van der Waals surface area (Å²) in [5.74, 6) is 0.533. The van der Waals surface area contributed by atoms with Gasteiger partial charge in [-0.3, -0.25) is 0 Å². The van der Waals surface area contributed by atoms with Gasteiger partial charge in [0, 0.05) is 19.2 Å². The topological polar surface area (TPSA) is 41.5 Å². The fourth-order valence-electron chi connectivity index (χ4n) is 2.40. The molecule has 0 aliphatic heterocycles. The Morgan fingerprint density at radius 2 is 1.83 bits per heavy atom. The summed E-state index contributed by atoms with van der Waals surface area (Å²) in [6.45, 7) is 10.8.